The molecule has 0 N–H and O–H groups in total. The van der Waals surface area contributed by atoms with Crippen LogP contribution in [0.25, 0.3) is 21.9 Å². The summed E-state index contributed by atoms with van der Waals surface area (Å²) in [7, 11) is 0. The molecule has 0 spiro atoms. The van der Waals surface area contributed by atoms with Crippen LogP contribution in [0.3, 0.4) is 0 Å². The van der Waals surface area contributed by atoms with E-state index in [0.717, 1.165) is 37.5 Å². The minimum atomic E-state index is 0.103. The highest BCUT2D eigenvalue weighted by atomic mass is 79.9. The lowest BCUT2D eigenvalue weighted by atomic mass is 9.83. The number of fused-ring (bicyclic) bond motifs is 2. The third-order valence-electron chi connectivity index (χ3n) is 3.68. The Kier molecular flexibility index (Phi) is 2.18. The van der Waals surface area contributed by atoms with Crippen molar-refractivity contribution in [3.8, 4) is 11.1 Å². The van der Waals surface area contributed by atoms with Gasteiger partial charge in [0.05, 0.1) is 0 Å². The quantitative estimate of drug-likeness (QED) is 0.455. The Labute approximate surface area is 119 Å². The van der Waals surface area contributed by atoms with Crippen molar-refractivity contribution in [3.05, 3.63) is 70.2 Å². The number of carbonyl (C=O) groups excluding carboxylic acids is 1. The van der Waals surface area contributed by atoms with Crippen molar-refractivity contribution in [3.63, 3.8) is 0 Å². The van der Waals surface area contributed by atoms with Crippen LogP contribution in [0.1, 0.15) is 15.9 Å². The molecule has 0 atom stereocenters. The van der Waals surface area contributed by atoms with Crippen LogP contribution >= 0.6 is 15.9 Å². The van der Waals surface area contributed by atoms with Crippen LogP contribution in [0.15, 0.2) is 59.1 Å². The van der Waals surface area contributed by atoms with Crippen LogP contribution < -0.4 is 0 Å². The van der Waals surface area contributed by atoms with E-state index in [2.05, 4.69) is 34.1 Å². The molecule has 0 amide bonds. The van der Waals surface area contributed by atoms with Crippen LogP contribution in [-0.4, -0.2) is 5.78 Å². The molecule has 3 aromatic rings. The lowest BCUT2D eigenvalue weighted by Gasteiger charge is -2.20. The number of halogens is 1. The fourth-order valence-corrected chi connectivity index (χ4v) is 3.41. The van der Waals surface area contributed by atoms with Gasteiger partial charge in [-0.15, -0.1) is 0 Å². The van der Waals surface area contributed by atoms with Crippen molar-refractivity contribution < 1.29 is 4.79 Å². The molecule has 1 aliphatic carbocycles. The minimum Gasteiger partial charge on any atom is -0.289 e. The van der Waals surface area contributed by atoms with E-state index in [4.69, 9.17) is 0 Å². The number of benzene rings is 3. The largest absolute Gasteiger partial charge is 0.289 e. The molecule has 19 heavy (non-hydrogen) atoms. The molecule has 2 heteroatoms. The minimum absolute atomic E-state index is 0.103. The summed E-state index contributed by atoms with van der Waals surface area (Å²) in [5.41, 5.74) is 3.73. The molecule has 0 aromatic heterocycles. The highest BCUT2D eigenvalue weighted by Gasteiger charge is 2.26. The first-order valence-electron chi connectivity index (χ1n) is 6.13. The Bertz CT molecular complexity index is 844. The molecule has 90 valence electrons. The van der Waals surface area contributed by atoms with Crippen LogP contribution in [0.5, 0.6) is 0 Å². The van der Waals surface area contributed by atoms with Crippen molar-refractivity contribution in [1.82, 2.24) is 0 Å². The van der Waals surface area contributed by atoms with E-state index in [1.54, 1.807) is 0 Å². The second-order valence-electron chi connectivity index (χ2n) is 4.70. The SMILES string of the molecule is O=C1c2c(Br)cccc2-c2cccc3cccc1c23. The van der Waals surface area contributed by atoms with Crippen molar-refractivity contribution in [2.45, 2.75) is 0 Å². The molecule has 0 heterocycles. The fraction of sp³-hybridized carbons (Fsp3) is 0. The van der Waals surface area contributed by atoms with Gasteiger partial charge in [0.15, 0.2) is 5.78 Å². The molecule has 0 bridgehead atoms. The highest BCUT2D eigenvalue weighted by molar-refractivity contribution is 9.10. The normalized spacial score (nSPS) is 12.6. The molecule has 0 aliphatic heterocycles. The Morgan fingerprint density at radius 1 is 0.737 bits per heavy atom. The third-order valence-corrected chi connectivity index (χ3v) is 4.34. The second-order valence-corrected chi connectivity index (χ2v) is 5.56. The number of hydrogen-bond donors (Lipinski definition) is 0. The maximum atomic E-state index is 12.7. The molecule has 3 aromatic carbocycles. The molecule has 0 saturated heterocycles. The van der Waals surface area contributed by atoms with Gasteiger partial charge in [-0.3, -0.25) is 4.79 Å². The number of ketones is 1. The van der Waals surface area contributed by atoms with Crippen LogP contribution in [0.4, 0.5) is 0 Å². The zero-order valence-electron chi connectivity index (χ0n) is 9.98. The highest BCUT2D eigenvalue weighted by Crippen LogP contribution is 2.41. The summed E-state index contributed by atoms with van der Waals surface area (Å²) in [5, 5.41) is 2.19. The van der Waals surface area contributed by atoms with E-state index >= 15 is 0 Å². The monoisotopic (exact) mass is 308 g/mol. The molecule has 0 saturated carbocycles. The van der Waals surface area contributed by atoms with Gasteiger partial charge in [-0.25, -0.2) is 0 Å². The fourth-order valence-electron chi connectivity index (χ4n) is 2.87. The number of carbonyl (C=O) groups is 1. The summed E-state index contributed by atoms with van der Waals surface area (Å²) in [6, 6.07) is 18.0. The van der Waals surface area contributed by atoms with Crippen LogP contribution in [0, 0.1) is 0 Å². The van der Waals surface area contributed by atoms with Gasteiger partial charge < -0.3 is 0 Å². The molecule has 1 nitrogen and oxygen atoms in total. The average Bonchev–Trinajstić information content (AvgIpc) is 2.44. The predicted octanol–water partition coefficient (Wildman–Crippen LogP) is 4.81. The maximum Gasteiger partial charge on any atom is 0.195 e. The maximum absolute atomic E-state index is 12.7. The summed E-state index contributed by atoms with van der Waals surface area (Å²) in [6.45, 7) is 0. The van der Waals surface area contributed by atoms with Crippen molar-refractivity contribution >= 4 is 32.5 Å². The van der Waals surface area contributed by atoms with Gasteiger partial charge in [0.2, 0.25) is 0 Å². The van der Waals surface area contributed by atoms with Gasteiger partial charge in [0.1, 0.15) is 0 Å². The number of hydrogen-bond acceptors (Lipinski definition) is 1. The van der Waals surface area contributed by atoms with Crippen LogP contribution in [-0.2, 0) is 0 Å². The average molecular weight is 309 g/mol. The lowest BCUT2D eigenvalue weighted by Crippen LogP contribution is -2.10. The molecule has 4 rings (SSSR count). The summed E-state index contributed by atoms with van der Waals surface area (Å²) in [4.78, 5) is 12.7. The van der Waals surface area contributed by atoms with E-state index in [1.807, 2.05) is 36.4 Å². The van der Waals surface area contributed by atoms with Crippen molar-refractivity contribution in [1.29, 1.82) is 0 Å². The summed E-state index contributed by atoms with van der Waals surface area (Å²) < 4.78 is 0.863. The standard InChI is InChI=1S/C17H9BrO/c18-14-9-3-7-12-11-6-1-4-10-5-2-8-13(15(10)11)17(19)16(12)14/h1-9H. The van der Waals surface area contributed by atoms with E-state index < -0.39 is 0 Å². The van der Waals surface area contributed by atoms with Crippen LogP contribution in [0.2, 0.25) is 0 Å². The third kappa shape index (κ3) is 1.38. The van der Waals surface area contributed by atoms with Gasteiger partial charge >= 0.3 is 0 Å². The molecule has 0 radical (unpaired) electrons. The van der Waals surface area contributed by atoms with Gasteiger partial charge in [0.25, 0.3) is 0 Å². The molecule has 0 fully saturated rings. The first kappa shape index (κ1) is 10.9. The van der Waals surface area contributed by atoms with Gasteiger partial charge in [0, 0.05) is 21.0 Å². The zero-order chi connectivity index (χ0) is 13.0. The Hall–Kier alpha value is -1.93. The topological polar surface area (TPSA) is 17.1 Å². The first-order valence-corrected chi connectivity index (χ1v) is 6.92. The van der Waals surface area contributed by atoms with E-state index in [9.17, 15) is 4.79 Å². The zero-order valence-corrected chi connectivity index (χ0v) is 11.6. The summed E-state index contributed by atoms with van der Waals surface area (Å²) >= 11 is 3.50. The molecular weight excluding hydrogens is 300 g/mol. The van der Waals surface area contributed by atoms with Crippen molar-refractivity contribution in [2.75, 3.05) is 0 Å². The Morgan fingerprint density at radius 2 is 1.37 bits per heavy atom. The Morgan fingerprint density at radius 3 is 2.16 bits per heavy atom. The molecule has 1 aliphatic rings. The first-order chi connectivity index (χ1) is 9.27. The summed E-state index contributed by atoms with van der Waals surface area (Å²) in [5.74, 6) is 0.103. The van der Waals surface area contributed by atoms with Gasteiger partial charge in [-0.05, 0) is 22.6 Å². The van der Waals surface area contributed by atoms with Gasteiger partial charge in [-0.1, -0.05) is 64.5 Å². The van der Waals surface area contributed by atoms with E-state index in [0.29, 0.717) is 0 Å². The van der Waals surface area contributed by atoms with Crippen molar-refractivity contribution in [2.24, 2.45) is 0 Å². The lowest BCUT2D eigenvalue weighted by molar-refractivity contribution is 0.103. The van der Waals surface area contributed by atoms with E-state index in [1.165, 1.54) is 0 Å². The smallest absolute Gasteiger partial charge is 0.195 e. The number of rotatable bonds is 0. The summed E-state index contributed by atoms with van der Waals surface area (Å²) in [6.07, 6.45) is 0. The Balaban J connectivity index is 2.28. The van der Waals surface area contributed by atoms with E-state index in [-0.39, 0.29) is 5.78 Å². The predicted molar refractivity (Wildman–Crippen MR) is 80.5 cm³/mol. The van der Waals surface area contributed by atoms with Gasteiger partial charge in [-0.2, -0.15) is 0 Å². The molecule has 0 unspecified atom stereocenters. The second kappa shape index (κ2) is 3.78. The molecular formula is C17H9BrO.